The van der Waals surface area contributed by atoms with E-state index in [1.54, 1.807) is 12.1 Å². The summed E-state index contributed by atoms with van der Waals surface area (Å²) < 4.78 is 32.9. The lowest BCUT2D eigenvalue weighted by Gasteiger charge is -2.21. The van der Waals surface area contributed by atoms with E-state index in [0.717, 1.165) is 18.4 Å². The van der Waals surface area contributed by atoms with Gasteiger partial charge < -0.3 is 4.74 Å². The van der Waals surface area contributed by atoms with Crippen molar-refractivity contribution < 1.29 is 13.2 Å². The van der Waals surface area contributed by atoms with Crippen molar-refractivity contribution in [2.75, 3.05) is 13.2 Å². The molecule has 0 bridgehead atoms. The van der Waals surface area contributed by atoms with E-state index in [1.807, 2.05) is 12.1 Å². The lowest BCUT2D eigenvalue weighted by atomic mass is 9.98. The molecule has 1 fully saturated rings. The molecule has 0 heterocycles. The molecule has 2 rings (SSSR count). The summed E-state index contributed by atoms with van der Waals surface area (Å²) in [6, 6.07) is 7.11. The maximum Gasteiger partial charge on any atom is 0.240 e. The molecule has 0 spiro atoms. The SMILES string of the molecule is CC(C)c1ccc(S(=O)(=O)NCCCOC2CCCCC2)cc1. The van der Waals surface area contributed by atoms with Crippen LogP contribution in [0.2, 0.25) is 0 Å². The molecule has 1 aliphatic rings. The molecule has 0 aliphatic heterocycles. The zero-order valence-corrected chi connectivity index (χ0v) is 15.1. The van der Waals surface area contributed by atoms with Gasteiger partial charge in [-0.2, -0.15) is 0 Å². The Hall–Kier alpha value is -0.910. The summed E-state index contributed by atoms with van der Waals surface area (Å²) in [5.41, 5.74) is 1.14. The molecule has 1 N–H and O–H groups in total. The van der Waals surface area contributed by atoms with Crippen molar-refractivity contribution >= 4 is 10.0 Å². The van der Waals surface area contributed by atoms with E-state index in [9.17, 15) is 8.42 Å². The first-order chi connectivity index (χ1) is 11.0. The summed E-state index contributed by atoms with van der Waals surface area (Å²) in [7, 11) is -3.41. The van der Waals surface area contributed by atoms with Crippen LogP contribution < -0.4 is 4.72 Å². The Bertz CT molecular complexity index is 560. The molecule has 0 radical (unpaired) electrons. The smallest absolute Gasteiger partial charge is 0.240 e. The molecular formula is C18H29NO3S. The van der Waals surface area contributed by atoms with Gasteiger partial charge in [0.15, 0.2) is 0 Å². The second-order valence-electron chi connectivity index (χ2n) is 6.61. The zero-order chi connectivity index (χ0) is 16.7. The van der Waals surface area contributed by atoms with E-state index in [-0.39, 0.29) is 0 Å². The van der Waals surface area contributed by atoms with E-state index < -0.39 is 10.0 Å². The van der Waals surface area contributed by atoms with Crippen molar-refractivity contribution in [2.24, 2.45) is 0 Å². The van der Waals surface area contributed by atoms with E-state index in [1.165, 1.54) is 19.3 Å². The Morgan fingerprint density at radius 3 is 2.39 bits per heavy atom. The molecule has 5 heteroatoms. The standard InChI is InChI=1S/C18H29NO3S/c1-15(2)16-9-11-18(12-10-16)23(20,21)19-13-6-14-22-17-7-4-3-5-8-17/h9-12,15,17,19H,3-8,13-14H2,1-2H3. The first kappa shape index (κ1) is 18.4. The third-order valence-corrected chi connectivity index (χ3v) is 5.85. The van der Waals surface area contributed by atoms with Crippen LogP contribution in [0, 0.1) is 0 Å². The Kier molecular flexibility index (Phi) is 7.06. The normalized spacial score (nSPS) is 16.8. The van der Waals surface area contributed by atoms with Gasteiger partial charge in [0, 0.05) is 13.2 Å². The first-order valence-corrected chi connectivity index (χ1v) is 10.2. The zero-order valence-electron chi connectivity index (χ0n) is 14.3. The molecule has 1 saturated carbocycles. The highest BCUT2D eigenvalue weighted by Gasteiger charge is 2.15. The molecule has 1 aromatic carbocycles. The predicted octanol–water partition coefficient (Wildman–Crippen LogP) is 3.83. The second-order valence-corrected chi connectivity index (χ2v) is 8.37. The van der Waals surface area contributed by atoms with Crippen LogP contribution in [-0.2, 0) is 14.8 Å². The van der Waals surface area contributed by atoms with E-state index in [4.69, 9.17) is 4.74 Å². The fourth-order valence-electron chi connectivity index (χ4n) is 2.88. The molecule has 1 aliphatic carbocycles. The van der Waals surface area contributed by atoms with Crippen LogP contribution in [0.3, 0.4) is 0 Å². The van der Waals surface area contributed by atoms with E-state index in [0.29, 0.717) is 36.5 Å². The Morgan fingerprint density at radius 1 is 1.13 bits per heavy atom. The number of hydrogen-bond acceptors (Lipinski definition) is 3. The summed E-state index contributed by atoms with van der Waals surface area (Å²) in [4.78, 5) is 0.329. The number of sulfonamides is 1. The number of nitrogens with one attached hydrogen (secondary N) is 1. The second kappa shape index (κ2) is 8.81. The molecule has 0 atom stereocenters. The lowest BCUT2D eigenvalue weighted by Crippen LogP contribution is -2.26. The van der Waals surface area contributed by atoms with Crippen LogP contribution >= 0.6 is 0 Å². The van der Waals surface area contributed by atoms with Crippen molar-refractivity contribution in [1.82, 2.24) is 4.72 Å². The Balaban J connectivity index is 1.73. The van der Waals surface area contributed by atoms with Crippen molar-refractivity contribution in [3.63, 3.8) is 0 Å². The van der Waals surface area contributed by atoms with Crippen molar-refractivity contribution in [1.29, 1.82) is 0 Å². The summed E-state index contributed by atoms with van der Waals surface area (Å²) in [6.07, 6.45) is 7.20. The minimum Gasteiger partial charge on any atom is -0.378 e. The Labute approximate surface area is 140 Å². The van der Waals surface area contributed by atoms with Gasteiger partial charge >= 0.3 is 0 Å². The van der Waals surface area contributed by atoms with Crippen molar-refractivity contribution in [2.45, 2.75) is 69.3 Å². The number of ether oxygens (including phenoxy) is 1. The highest BCUT2D eigenvalue weighted by Crippen LogP contribution is 2.20. The average molecular weight is 340 g/mol. The minimum atomic E-state index is -3.41. The van der Waals surface area contributed by atoms with Gasteiger partial charge in [-0.25, -0.2) is 13.1 Å². The van der Waals surface area contributed by atoms with Gasteiger partial charge in [-0.3, -0.25) is 0 Å². The quantitative estimate of drug-likeness (QED) is 0.732. The highest BCUT2D eigenvalue weighted by atomic mass is 32.2. The van der Waals surface area contributed by atoms with Crippen LogP contribution in [0.4, 0.5) is 0 Å². The summed E-state index contributed by atoms with van der Waals surface area (Å²) in [6.45, 7) is 5.22. The third-order valence-electron chi connectivity index (χ3n) is 4.38. The summed E-state index contributed by atoms with van der Waals surface area (Å²) in [5.74, 6) is 0.400. The highest BCUT2D eigenvalue weighted by molar-refractivity contribution is 7.89. The largest absolute Gasteiger partial charge is 0.378 e. The fourth-order valence-corrected chi connectivity index (χ4v) is 3.95. The molecule has 0 saturated heterocycles. The predicted molar refractivity (Wildman–Crippen MR) is 93.2 cm³/mol. The lowest BCUT2D eigenvalue weighted by molar-refractivity contribution is 0.0278. The van der Waals surface area contributed by atoms with E-state index >= 15 is 0 Å². The third kappa shape index (κ3) is 5.90. The van der Waals surface area contributed by atoms with E-state index in [2.05, 4.69) is 18.6 Å². The first-order valence-electron chi connectivity index (χ1n) is 8.70. The average Bonchev–Trinajstić information content (AvgIpc) is 2.55. The minimum absolute atomic E-state index is 0.329. The molecular weight excluding hydrogens is 310 g/mol. The number of rotatable bonds is 8. The van der Waals surface area contributed by atoms with Gasteiger partial charge in [-0.15, -0.1) is 0 Å². The maximum atomic E-state index is 12.2. The molecule has 0 aromatic heterocycles. The number of benzene rings is 1. The molecule has 4 nitrogen and oxygen atoms in total. The monoisotopic (exact) mass is 339 g/mol. The van der Waals surface area contributed by atoms with Crippen molar-refractivity contribution in [3.05, 3.63) is 29.8 Å². The maximum absolute atomic E-state index is 12.2. The van der Waals surface area contributed by atoms with Gasteiger partial charge in [0.2, 0.25) is 10.0 Å². The topological polar surface area (TPSA) is 55.4 Å². The van der Waals surface area contributed by atoms with Crippen LogP contribution in [0.1, 0.15) is 63.9 Å². The summed E-state index contributed by atoms with van der Waals surface area (Å²) >= 11 is 0. The molecule has 130 valence electrons. The Morgan fingerprint density at radius 2 is 1.78 bits per heavy atom. The molecule has 0 unspecified atom stereocenters. The van der Waals surface area contributed by atoms with Crippen molar-refractivity contribution in [3.8, 4) is 0 Å². The molecule has 1 aromatic rings. The van der Waals surface area contributed by atoms with Crippen LogP contribution in [0.25, 0.3) is 0 Å². The summed E-state index contributed by atoms with van der Waals surface area (Å²) in [5, 5.41) is 0. The van der Waals surface area contributed by atoms with Gasteiger partial charge in [0.05, 0.1) is 11.0 Å². The van der Waals surface area contributed by atoms with Crippen LogP contribution in [0.15, 0.2) is 29.2 Å². The van der Waals surface area contributed by atoms with Gasteiger partial charge in [-0.05, 0) is 42.9 Å². The van der Waals surface area contributed by atoms with Crippen LogP contribution in [-0.4, -0.2) is 27.7 Å². The van der Waals surface area contributed by atoms with Crippen LogP contribution in [0.5, 0.6) is 0 Å². The van der Waals surface area contributed by atoms with Gasteiger partial charge in [0.25, 0.3) is 0 Å². The fraction of sp³-hybridized carbons (Fsp3) is 0.667. The molecule has 23 heavy (non-hydrogen) atoms. The van der Waals surface area contributed by atoms with Gasteiger partial charge in [-0.1, -0.05) is 45.2 Å². The number of hydrogen-bond donors (Lipinski definition) is 1. The molecule has 0 amide bonds. The van der Waals surface area contributed by atoms with Gasteiger partial charge in [0.1, 0.15) is 0 Å².